The quantitative estimate of drug-likeness (QED) is 0.592. The predicted molar refractivity (Wildman–Crippen MR) is 125 cm³/mol. The Kier molecular flexibility index (Phi) is 6.05. The molecular formula is C26H33N3O2. The molecule has 0 spiro atoms. The molecule has 0 bridgehead atoms. The number of phenols is 1. The molecule has 3 aromatic rings. The number of H-pyrrole nitrogens is 1. The molecule has 5 heteroatoms. The number of benzene rings is 2. The Morgan fingerprint density at radius 3 is 2.52 bits per heavy atom. The summed E-state index contributed by atoms with van der Waals surface area (Å²) in [6.45, 7) is 10.2. The summed E-state index contributed by atoms with van der Waals surface area (Å²) in [4.78, 5) is 20.9. The van der Waals surface area contributed by atoms with E-state index in [1.165, 1.54) is 5.56 Å². The van der Waals surface area contributed by atoms with Gasteiger partial charge in [-0.3, -0.25) is 9.69 Å². The number of nitrogens with one attached hydrogen (secondary N) is 1. The normalized spacial score (nSPS) is 16.0. The van der Waals surface area contributed by atoms with Crippen molar-refractivity contribution in [3.05, 3.63) is 65.9 Å². The Balaban J connectivity index is 1.39. The fourth-order valence-corrected chi connectivity index (χ4v) is 4.78. The second kappa shape index (κ2) is 8.75. The summed E-state index contributed by atoms with van der Waals surface area (Å²) in [6, 6.07) is 17.7. The molecule has 0 unspecified atom stereocenters. The highest BCUT2D eigenvalue weighted by atomic mass is 16.3. The monoisotopic (exact) mass is 419 g/mol. The third-order valence-corrected chi connectivity index (χ3v) is 6.87. The number of hydrogen-bond acceptors (Lipinski definition) is 3. The van der Waals surface area contributed by atoms with Gasteiger partial charge >= 0.3 is 0 Å². The number of piperidine rings is 1. The molecule has 1 aliphatic rings. The van der Waals surface area contributed by atoms with Crippen molar-refractivity contribution in [2.24, 2.45) is 5.92 Å². The zero-order valence-corrected chi connectivity index (χ0v) is 18.8. The lowest BCUT2D eigenvalue weighted by Crippen LogP contribution is -2.48. The van der Waals surface area contributed by atoms with Crippen molar-refractivity contribution in [2.45, 2.75) is 39.2 Å². The lowest BCUT2D eigenvalue weighted by Gasteiger charge is -2.44. The summed E-state index contributed by atoms with van der Waals surface area (Å²) in [5, 5.41) is 10.5. The van der Waals surface area contributed by atoms with Crippen molar-refractivity contribution in [1.29, 1.82) is 0 Å². The third-order valence-electron chi connectivity index (χ3n) is 6.87. The second-order valence-corrected chi connectivity index (χ2v) is 9.15. The minimum Gasteiger partial charge on any atom is -0.508 e. The van der Waals surface area contributed by atoms with Crippen LogP contribution in [-0.2, 0) is 5.54 Å². The smallest absolute Gasteiger partial charge is 0.270 e. The number of fused-ring (bicyclic) bond motifs is 1. The molecule has 164 valence electrons. The van der Waals surface area contributed by atoms with Crippen LogP contribution in [0, 0.1) is 5.92 Å². The molecule has 1 fully saturated rings. The van der Waals surface area contributed by atoms with Gasteiger partial charge in [0.15, 0.2) is 0 Å². The van der Waals surface area contributed by atoms with Crippen LogP contribution >= 0.6 is 0 Å². The topological polar surface area (TPSA) is 59.6 Å². The van der Waals surface area contributed by atoms with E-state index in [0.717, 1.165) is 43.4 Å². The van der Waals surface area contributed by atoms with Crippen LogP contribution in [0.4, 0.5) is 0 Å². The minimum atomic E-state index is 0.0163. The number of carbonyl (C=O) groups is 1. The van der Waals surface area contributed by atoms with E-state index in [1.54, 1.807) is 12.1 Å². The summed E-state index contributed by atoms with van der Waals surface area (Å²) in [5.41, 5.74) is 2.82. The number of likely N-dealkylation sites (tertiary alicyclic amines) is 1. The molecule has 2 heterocycles. The lowest BCUT2D eigenvalue weighted by atomic mass is 9.87. The highest BCUT2D eigenvalue weighted by Gasteiger charge is 2.33. The summed E-state index contributed by atoms with van der Waals surface area (Å²) in [5.74, 6) is 0.758. The average Bonchev–Trinajstić information content (AvgIpc) is 3.21. The molecule has 0 aliphatic carbocycles. The molecule has 1 amide bonds. The highest BCUT2D eigenvalue weighted by molar-refractivity contribution is 5.98. The van der Waals surface area contributed by atoms with E-state index in [2.05, 4.69) is 54.1 Å². The fourth-order valence-electron chi connectivity index (χ4n) is 4.78. The summed E-state index contributed by atoms with van der Waals surface area (Å²) in [6.07, 6.45) is 2.20. The molecule has 1 aliphatic heterocycles. The first-order chi connectivity index (χ1) is 14.9. The number of aromatic hydroxyl groups is 1. The lowest BCUT2D eigenvalue weighted by molar-refractivity contribution is 0.0537. The third kappa shape index (κ3) is 4.47. The number of hydrogen-bond donors (Lipinski definition) is 2. The molecular weight excluding hydrogens is 386 g/mol. The van der Waals surface area contributed by atoms with E-state index in [9.17, 15) is 9.90 Å². The average molecular weight is 420 g/mol. The van der Waals surface area contributed by atoms with Gasteiger partial charge < -0.3 is 15.0 Å². The molecule has 1 saturated heterocycles. The SMILES string of the molecule is CCN(CC1CCN(C(C)(C)c2ccccc2)CC1)C(=O)c1cc2cc(O)ccc2[nH]1. The minimum absolute atomic E-state index is 0.0163. The van der Waals surface area contributed by atoms with Crippen LogP contribution in [0.1, 0.15) is 49.7 Å². The van der Waals surface area contributed by atoms with Gasteiger partial charge in [-0.25, -0.2) is 0 Å². The first-order valence-corrected chi connectivity index (χ1v) is 11.3. The van der Waals surface area contributed by atoms with Gasteiger partial charge in [-0.05, 0) is 82.4 Å². The number of carbonyl (C=O) groups excluding carboxylic acids is 1. The maximum atomic E-state index is 13.1. The molecule has 1 aromatic heterocycles. The summed E-state index contributed by atoms with van der Waals surface area (Å²) < 4.78 is 0. The van der Waals surface area contributed by atoms with Gasteiger partial charge in [-0.15, -0.1) is 0 Å². The van der Waals surface area contributed by atoms with Crippen molar-refractivity contribution in [1.82, 2.24) is 14.8 Å². The standard InChI is InChI=1S/C26H33N3O2/c1-4-28(25(31)24-17-20-16-22(30)10-11-23(20)27-24)18-19-12-14-29(15-13-19)26(2,3)21-8-6-5-7-9-21/h5-11,16-17,19,27,30H,4,12-15,18H2,1-3H3. The Labute approximate surface area is 184 Å². The Morgan fingerprint density at radius 1 is 1.13 bits per heavy atom. The zero-order chi connectivity index (χ0) is 22.0. The van der Waals surface area contributed by atoms with Crippen LogP contribution in [0.3, 0.4) is 0 Å². The molecule has 4 rings (SSSR count). The first kappa shape index (κ1) is 21.4. The Hall–Kier alpha value is -2.79. The van der Waals surface area contributed by atoms with Crippen LogP contribution in [0.2, 0.25) is 0 Å². The van der Waals surface area contributed by atoms with Gasteiger partial charge in [0.1, 0.15) is 11.4 Å². The second-order valence-electron chi connectivity index (χ2n) is 9.15. The number of amides is 1. The van der Waals surface area contributed by atoms with Crippen LogP contribution < -0.4 is 0 Å². The largest absolute Gasteiger partial charge is 0.508 e. The van der Waals surface area contributed by atoms with Gasteiger partial charge in [0.05, 0.1) is 0 Å². The molecule has 2 aromatic carbocycles. The van der Waals surface area contributed by atoms with Crippen LogP contribution in [-0.4, -0.2) is 52.0 Å². The Morgan fingerprint density at radius 2 is 1.84 bits per heavy atom. The van der Waals surface area contributed by atoms with Crippen LogP contribution in [0.15, 0.2) is 54.6 Å². The van der Waals surface area contributed by atoms with Gasteiger partial charge in [0, 0.05) is 29.5 Å². The molecule has 0 atom stereocenters. The first-order valence-electron chi connectivity index (χ1n) is 11.3. The van der Waals surface area contributed by atoms with Crippen molar-refractivity contribution < 1.29 is 9.90 Å². The molecule has 0 saturated carbocycles. The maximum absolute atomic E-state index is 13.1. The van der Waals surface area contributed by atoms with Gasteiger partial charge in [0.2, 0.25) is 0 Å². The zero-order valence-electron chi connectivity index (χ0n) is 18.8. The molecule has 2 N–H and O–H groups in total. The number of phenolic OH excluding ortho intramolecular Hbond substituents is 1. The van der Waals surface area contributed by atoms with E-state index < -0.39 is 0 Å². The predicted octanol–water partition coefficient (Wildman–Crippen LogP) is 4.98. The Bertz CT molecular complexity index is 1030. The maximum Gasteiger partial charge on any atom is 0.270 e. The molecule has 31 heavy (non-hydrogen) atoms. The van der Waals surface area contributed by atoms with Crippen molar-refractivity contribution in [3.8, 4) is 5.75 Å². The summed E-state index contributed by atoms with van der Waals surface area (Å²) >= 11 is 0. The van der Waals surface area contributed by atoms with Crippen LogP contribution in [0.25, 0.3) is 10.9 Å². The van der Waals surface area contributed by atoms with Crippen molar-refractivity contribution in [2.75, 3.05) is 26.2 Å². The van der Waals surface area contributed by atoms with E-state index in [-0.39, 0.29) is 17.2 Å². The number of rotatable bonds is 6. The van der Waals surface area contributed by atoms with E-state index in [4.69, 9.17) is 0 Å². The van der Waals surface area contributed by atoms with Gasteiger partial charge in [0.25, 0.3) is 5.91 Å². The summed E-state index contributed by atoms with van der Waals surface area (Å²) in [7, 11) is 0. The molecule has 0 radical (unpaired) electrons. The van der Waals surface area contributed by atoms with E-state index >= 15 is 0 Å². The van der Waals surface area contributed by atoms with Crippen molar-refractivity contribution in [3.63, 3.8) is 0 Å². The van der Waals surface area contributed by atoms with Crippen LogP contribution in [0.5, 0.6) is 5.75 Å². The van der Waals surface area contributed by atoms with Gasteiger partial charge in [-0.2, -0.15) is 0 Å². The van der Waals surface area contributed by atoms with E-state index in [1.807, 2.05) is 24.0 Å². The highest BCUT2D eigenvalue weighted by Crippen LogP contribution is 2.32. The number of aromatic amines is 1. The molecule has 5 nitrogen and oxygen atoms in total. The fraction of sp³-hybridized carbons (Fsp3) is 0.423. The van der Waals surface area contributed by atoms with E-state index in [0.29, 0.717) is 18.2 Å². The van der Waals surface area contributed by atoms with Gasteiger partial charge in [-0.1, -0.05) is 30.3 Å². The van der Waals surface area contributed by atoms with Crippen molar-refractivity contribution >= 4 is 16.8 Å². The number of aromatic nitrogens is 1. The number of nitrogens with zero attached hydrogens (tertiary/aromatic N) is 2.